The van der Waals surface area contributed by atoms with Crippen molar-refractivity contribution in [2.75, 3.05) is 18.4 Å². The fourth-order valence-electron chi connectivity index (χ4n) is 2.83. The number of hydrogen-bond acceptors (Lipinski definition) is 2. The van der Waals surface area contributed by atoms with Crippen molar-refractivity contribution in [3.63, 3.8) is 0 Å². The molecular weight excluding hydrogens is 446 g/mol. The Morgan fingerprint density at radius 2 is 1.64 bits per heavy atom. The fourth-order valence-corrected chi connectivity index (χ4v) is 3.10. The van der Waals surface area contributed by atoms with Crippen molar-refractivity contribution in [3.05, 3.63) is 63.9 Å². The summed E-state index contributed by atoms with van der Waals surface area (Å²) in [5, 5.41) is 4.08. The minimum absolute atomic E-state index is 0.115. The number of amides is 3. The van der Waals surface area contributed by atoms with Crippen LogP contribution in [0.3, 0.4) is 0 Å². The topological polar surface area (TPSA) is 52.7 Å². The van der Waals surface area contributed by atoms with E-state index in [1.807, 2.05) is 5.32 Å². The molecule has 2 aromatic rings. The summed E-state index contributed by atoms with van der Waals surface area (Å²) in [7, 11) is 0. The Balaban J connectivity index is 1.83. The lowest BCUT2D eigenvalue weighted by Gasteiger charge is -2.28. The lowest BCUT2D eigenvalue weighted by molar-refractivity contribution is -0.137. The number of para-hydroxylation sites is 1. The largest absolute Gasteiger partial charge is 0.418 e. The van der Waals surface area contributed by atoms with Crippen molar-refractivity contribution in [1.29, 1.82) is 0 Å². The van der Waals surface area contributed by atoms with Crippen molar-refractivity contribution in [2.45, 2.75) is 12.6 Å². The van der Waals surface area contributed by atoms with Crippen LogP contribution in [0.5, 0.6) is 0 Å². The summed E-state index contributed by atoms with van der Waals surface area (Å²) >= 11 is 3.25. The predicted octanol–water partition coefficient (Wildman–Crippen LogP) is 4.90. The molecule has 0 aliphatic carbocycles. The summed E-state index contributed by atoms with van der Waals surface area (Å²) in [6.07, 6.45) is -4.40. The van der Waals surface area contributed by atoms with Gasteiger partial charge in [0.05, 0.1) is 11.3 Å². The van der Waals surface area contributed by atoms with Gasteiger partial charge in [-0.15, -0.1) is 0 Å². The molecular formula is C18H14BrF4N3O2. The SMILES string of the molecule is O=C(Nc1c(F)cccc1C(F)(F)F)N1CCCN1C(=O)c1ccc(Br)cc1. The third-order valence-corrected chi connectivity index (χ3v) is 4.67. The number of halogens is 5. The second-order valence-electron chi connectivity index (χ2n) is 6.00. The van der Waals surface area contributed by atoms with Gasteiger partial charge in [-0.05, 0) is 42.8 Å². The van der Waals surface area contributed by atoms with Crippen molar-refractivity contribution in [1.82, 2.24) is 10.0 Å². The lowest BCUT2D eigenvalue weighted by atomic mass is 10.1. The molecule has 2 aromatic carbocycles. The van der Waals surface area contributed by atoms with Crippen LogP contribution in [0.15, 0.2) is 46.9 Å². The van der Waals surface area contributed by atoms with Crippen LogP contribution in [0.25, 0.3) is 0 Å². The molecule has 148 valence electrons. The molecule has 0 spiro atoms. The third kappa shape index (κ3) is 4.11. The zero-order valence-corrected chi connectivity index (χ0v) is 15.8. The molecule has 0 unspecified atom stereocenters. The van der Waals surface area contributed by atoms with Gasteiger partial charge in [-0.2, -0.15) is 13.2 Å². The first-order chi connectivity index (χ1) is 13.2. The number of carbonyl (C=O) groups excluding carboxylic acids is 2. The van der Waals surface area contributed by atoms with Crippen molar-refractivity contribution in [3.8, 4) is 0 Å². The average Bonchev–Trinajstić information content (AvgIpc) is 3.12. The van der Waals surface area contributed by atoms with Gasteiger partial charge in [0.1, 0.15) is 5.82 Å². The van der Waals surface area contributed by atoms with E-state index >= 15 is 0 Å². The molecule has 0 saturated carbocycles. The van der Waals surface area contributed by atoms with Crippen molar-refractivity contribution >= 4 is 33.6 Å². The number of benzene rings is 2. The number of anilines is 1. The minimum atomic E-state index is -4.84. The van der Waals surface area contributed by atoms with Gasteiger partial charge < -0.3 is 5.32 Å². The average molecular weight is 460 g/mol. The molecule has 3 amide bonds. The Morgan fingerprint density at radius 3 is 2.29 bits per heavy atom. The Kier molecular flexibility index (Phi) is 5.59. The Hall–Kier alpha value is -2.62. The van der Waals surface area contributed by atoms with E-state index in [-0.39, 0.29) is 13.1 Å². The van der Waals surface area contributed by atoms with Crippen molar-refractivity contribution < 1.29 is 27.2 Å². The van der Waals surface area contributed by atoms with Gasteiger partial charge in [0.2, 0.25) is 0 Å². The van der Waals surface area contributed by atoms with Crippen LogP contribution in [-0.4, -0.2) is 35.0 Å². The van der Waals surface area contributed by atoms with E-state index in [4.69, 9.17) is 0 Å². The maximum atomic E-state index is 14.0. The monoisotopic (exact) mass is 459 g/mol. The van der Waals surface area contributed by atoms with Crippen LogP contribution in [0.4, 0.5) is 28.0 Å². The van der Waals surface area contributed by atoms with E-state index in [2.05, 4.69) is 15.9 Å². The minimum Gasteiger partial charge on any atom is -0.303 e. The number of urea groups is 1. The number of hydrazine groups is 1. The van der Waals surface area contributed by atoms with Crippen LogP contribution in [0.2, 0.25) is 0 Å². The highest BCUT2D eigenvalue weighted by atomic mass is 79.9. The summed E-state index contributed by atoms with van der Waals surface area (Å²) < 4.78 is 54.1. The number of nitrogens with zero attached hydrogens (tertiary/aromatic N) is 2. The number of carbonyl (C=O) groups is 2. The van der Waals surface area contributed by atoms with Gasteiger partial charge in [-0.25, -0.2) is 19.2 Å². The lowest BCUT2D eigenvalue weighted by Crippen LogP contribution is -2.47. The zero-order valence-electron chi connectivity index (χ0n) is 14.3. The summed E-state index contributed by atoms with van der Waals surface area (Å²) in [5.41, 5.74) is -1.96. The van der Waals surface area contributed by atoms with Crippen LogP contribution in [0, 0.1) is 5.82 Å². The zero-order chi connectivity index (χ0) is 20.5. The molecule has 0 aromatic heterocycles. The van der Waals surface area contributed by atoms with Crippen molar-refractivity contribution in [2.24, 2.45) is 0 Å². The maximum absolute atomic E-state index is 14.0. The second kappa shape index (κ2) is 7.78. The summed E-state index contributed by atoms with van der Waals surface area (Å²) in [4.78, 5) is 25.2. The number of rotatable bonds is 2. The second-order valence-corrected chi connectivity index (χ2v) is 6.92. The van der Waals surface area contributed by atoms with Crippen LogP contribution < -0.4 is 5.32 Å². The first-order valence-corrected chi connectivity index (χ1v) is 8.99. The Morgan fingerprint density at radius 1 is 1.00 bits per heavy atom. The van der Waals surface area contributed by atoms with Crippen LogP contribution in [0.1, 0.15) is 22.3 Å². The Bertz CT molecular complexity index is 903. The third-order valence-electron chi connectivity index (χ3n) is 4.14. The normalized spacial score (nSPS) is 14.3. The van der Waals surface area contributed by atoms with Gasteiger partial charge >= 0.3 is 12.2 Å². The highest BCUT2D eigenvalue weighted by molar-refractivity contribution is 9.10. The molecule has 5 nitrogen and oxygen atoms in total. The highest BCUT2D eigenvalue weighted by Crippen LogP contribution is 2.36. The van der Waals surface area contributed by atoms with E-state index in [1.165, 1.54) is 0 Å². The number of alkyl halides is 3. The van der Waals surface area contributed by atoms with Crippen LogP contribution in [-0.2, 0) is 6.18 Å². The van der Waals surface area contributed by atoms with E-state index in [1.54, 1.807) is 24.3 Å². The molecule has 28 heavy (non-hydrogen) atoms. The molecule has 0 radical (unpaired) electrons. The number of nitrogens with one attached hydrogen (secondary N) is 1. The summed E-state index contributed by atoms with van der Waals surface area (Å²) in [5.74, 6) is -1.70. The number of hydrogen-bond donors (Lipinski definition) is 1. The fraction of sp³-hybridized carbons (Fsp3) is 0.222. The van der Waals surface area contributed by atoms with Gasteiger partial charge in [0.15, 0.2) is 0 Å². The summed E-state index contributed by atoms with van der Waals surface area (Å²) in [6, 6.07) is 7.81. The van der Waals surface area contributed by atoms with Gasteiger partial charge in [-0.3, -0.25) is 4.79 Å². The molecule has 1 N–H and O–H groups in total. The van der Waals surface area contributed by atoms with Gasteiger partial charge in [-0.1, -0.05) is 22.0 Å². The molecule has 1 heterocycles. The summed E-state index contributed by atoms with van der Waals surface area (Å²) in [6.45, 7) is 0.329. The first-order valence-electron chi connectivity index (χ1n) is 8.20. The molecule has 0 atom stereocenters. The molecule has 1 aliphatic rings. The first kappa shape index (κ1) is 20.1. The molecule has 10 heteroatoms. The van der Waals surface area contributed by atoms with Gasteiger partial charge in [0, 0.05) is 23.1 Å². The Labute approximate surface area is 166 Å². The highest BCUT2D eigenvalue weighted by Gasteiger charge is 2.37. The van der Waals surface area contributed by atoms with E-state index in [9.17, 15) is 27.2 Å². The van der Waals surface area contributed by atoms with Crippen LogP contribution >= 0.6 is 15.9 Å². The van der Waals surface area contributed by atoms with E-state index < -0.39 is 35.2 Å². The molecule has 3 rings (SSSR count). The van der Waals surface area contributed by atoms with E-state index in [0.29, 0.717) is 18.1 Å². The molecule has 1 aliphatic heterocycles. The smallest absolute Gasteiger partial charge is 0.303 e. The van der Waals surface area contributed by atoms with E-state index in [0.717, 1.165) is 26.6 Å². The maximum Gasteiger partial charge on any atom is 0.418 e. The molecule has 0 bridgehead atoms. The standard InChI is InChI=1S/C18H14BrF4N3O2/c19-12-7-5-11(6-8-12)16(27)25-9-2-10-26(25)17(28)24-15-13(18(21,22)23)3-1-4-14(15)20/h1,3-8H,2,9-10H2,(H,24,28). The predicted molar refractivity (Wildman–Crippen MR) is 96.9 cm³/mol. The molecule has 1 saturated heterocycles. The quantitative estimate of drug-likeness (QED) is 0.649. The van der Waals surface area contributed by atoms with Gasteiger partial charge in [0.25, 0.3) is 5.91 Å². The molecule has 1 fully saturated rings.